The van der Waals surface area contributed by atoms with Gasteiger partial charge in [-0.1, -0.05) is 13.8 Å². The van der Waals surface area contributed by atoms with Crippen molar-refractivity contribution in [2.45, 2.75) is 51.5 Å². The maximum atomic E-state index is 5.96. The van der Waals surface area contributed by atoms with E-state index in [1.165, 1.54) is 24.8 Å². The van der Waals surface area contributed by atoms with Gasteiger partial charge in [0.05, 0.1) is 0 Å². The largest absolute Gasteiger partial charge is 0.354 e. The average Bonchev–Trinajstić information content (AvgIpc) is 3.19. The molecule has 0 aliphatic heterocycles. The average molecular weight is 253 g/mol. The second kappa shape index (κ2) is 5.72. The number of pyridine rings is 1. The molecule has 0 radical (unpaired) electrons. The number of aryl methyl sites for hydroxylation is 1. The van der Waals surface area contributed by atoms with Gasteiger partial charge in [0.2, 0.25) is 0 Å². The summed E-state index contributed by atoms with van der Waals surface area (Å²) in [6.45, 7) is 5.47. The first-order valence-electron chi connectivity index (χ1n) is 6.61. The molecule has 2 nitrogen and oxygen atoms in total. The van der Waals surface area contributed by atoms with Crippen molar-refractivity contribution in [1.29, 1.82) is 0 Å². The Kier molecular flexibility index (Phi) is 4.27. The van der Waals surface area contributed by atoms with Crippen molar-refractivity contribution in [2.24, 2.45) is 0 Å². The molecule has 1 saturated carbocycles. The van der Waals surface area contributed by atoms with Crippen molar-refractivity contribution in [2.75, 3.05) is 11.4 Å². The SMILES string of the molecule is CCCN(c1cc(CCl)cc(CC)n1)C1CC1. The van der Waals surface area contributed by atoms with Gasteiger partial charge in [0.15, 0.2) is 0 Å². The molecule has 94 valence electrons. The van der Waals surface area contributed by atoms with E-state index in [0.717, 1.165) is 30.5 Å². The Morgan fingerprint density at radius 2 is 2.12 bits per heavy atom. The summed E-state index contributed by atoms with van der Waals surface area (Å²) in [5.74, 6) is 1.71. The van der Waals surface area contributed by atoms with E-state index in [9.17, 15) is 0 Å². The molecule has 0 aromatic carbocycles. The lowest BCUT2D eigenvalue weighted by Gasteiger charge is -2.24. The van der Waals surface area contributed by atoms with Gasteiger partial charge < -0.3 is 4.90 Å². The van der Waals surface area contributed by atoms with E-state index >= 15 is 0 Å². The molecule has 2 rings (SSSR count). The number of anilines is 1. The molecule has 0 unspecified atom stereocenters. The van der Waals surface area contributed by atoms with E-state index in [4.69, 9.17) is 16.6 Å². The van der Waals surface area contributed by atoms with Crippen molar-refractivity contribution in [3.05, 3.63) is 23.4 Å². The van der Waals surface area contributed by atoms with E-state index < -0.39 is 0 Å². The number of hydrogen-bond donors (Lipinski definition) is 0. The normalized spacial score (nSPS) is 15.0. The molecule has 17 heavy (non-hydrogen) atoms. The first kappa shape index (κ1) is 12.7. The van der Waals surface area contributed by atoms with E-state index in [-0.39, 0.29) is 0 Å². The monoisotopic (exact) mass is 252 g/mol. The van der Waals surface area contributed by atoms with Gasteiger partial charge >= 0.3 is 0 Å². The molecule has 1 aliphatic carbocycles. The van der Waals surface area contributed by atoms with Gasteiger partial charge in [-0.05, 0) is 43.4 Å². The molecule has 0 bridgehead atoms. The van der Waals surface area contributed by atoms with Crippen molar-refractivity contribution in [3.63, 3.8) is 0 Å². The zero-order valence-corrected chi connectivity index (χ0v) is 11.5. The number of halogens is 1. The molecule has 1 fully saturated rings. The van der Waals surface area contributed by atoms with Gasteiger partial charge in [0, 0.05) is 24.2 Å². The minimum Gasteiger partial charge on any atom is -0.354 e. The van der Waals surface area contributed by atoms with Gasteiger partial charge in [0.1, 0.15) is 5.82 Å². The first-order chi connectivity index (χ1) is 8.28. The van der Waals surface area contributed by atoms with E-state index in [1.807, 2.05) is 0 Å². The lowest BCUT2D eigenvalue weighted by molar-refractivity contribution is 0.746. The minimum atomic E-state index is 0.577. The summed E-state index contributed by atoms with van der Waals surface area (Å²) in [5.41, 5.74) is 2.34. The first-order valence-corrected chi connectivity index (χ1v) is 7.14. The van der Waals surface area contributed by atoms with Crippen LogP contribution >= 0.6 is 11.6 Å². The highest BCUT2D eigenvalue weighted by Gasteiger charge is 2.29. The Morgan fingerprint density at radius 1 is 1.35 bits per heavy atom. The summed E-state index contributed by atoms with van der Waals surface area (Å²) in [6, 6.07) is 4.99. The van der Waals surface area contributed by atoms with Crippen LogP contribution < -0.4 is 4.90 Å². The predicted molar refractivity (Wildman–Crippen MR) is 73.8 cm³/mol. The summed E-state index contributed by atoms with van der Waals surface area (Å²) < 4.78 is 0. The highest BCUT2D eigenvalue weighted by molar-refractivity contribution is 6.17. The fourth-order valence-corrected chi connectivity index (χ4v) is 2.30. The summed E-state index contributed by atoms with van der Waals surface area (Å²) in [4.78, 5) is 7.20. The summed E-state index contributed by atoms with van der Waals surface area (Å²) in [6.07, 6.45) is 4.77. The smallest absolute Gasteiger partial charge is 0.129 e. The van der Waals surface area contributed by atoms with E-state index in [0.29, 0.717) is 5.88 Å². The van der Waals surface area contributed by atoms with E-state index in [1.54, 1.807) is 0 Å². The second-order valence-electron chi connectivity index (χ2n) is 4.74. The maximum absolute atomic E-state index is 5.96. The lowest BCUT2D eigenvalue weighted by Crippen LogP contribution is -2.27. The molecule has 1 aromatic heterocycles. The third kappa shape index (κ3) is 3.12. The number of nitrogens with zero attached hydrogens (tertiary/aromatic N) is 2. The molecular formula is C14H21ClN2. The Labute approximate surface area is 109 Å². The molecule has 0 saturated heterocycles. The molecular weight excluding hydrogens is 232 g/mol. The summed E-state index contributed by atoms with van der Waals surface area (Å²) in [5, 5.41) is 0. The van der Waals surface area contributed by atoms with Gasteiger partial charge in [0.25, 0.3) is 0 Å². The second-order valence-corrected chi connectivity index (χ2v) is 5.00. The molecule has 1 heterocycles. The molecule has 0 atom stereocenters. The van der Waals surface area contributed by atoms with Crippen LogP contribution in [0.15, 0.2) is 12.1 Å². The zero-order valence-electron chi connectivity index (χ0n) is 10.7. The fraction of sp³-hybridized carbons (Fsp3) is 0.643. The van der Waals surface area contributed by atoms with Crippen LogP contribution in [0.4, 0.5) is 5.82 Å². The number of alkyl halides is 1. The Morgan fingerprint density at radius 3 is 2.65 bits per heavy atom. The van der Waals surface area contributed by atoms with Gasteiger partial charge in [-0.15, -0.1) is 11.6 Å². The Bertz CT molecular complexity index is 352. The standard InChI is InChI=1S/C14H21ClN2/c1-3-7-17(13-5-6-13)14-9-11(10-15)8-12(4-2)16-14/h8-9,13H,3-7,10H2,1-2H3. The molecule has 0 spiro atoms. The van der Waals surface area contributed by atoms with Crippen molar-refractivity contribution in [3.8, 4) is 0 Å². The summed E-state index contributed by atoms with van der Waals surface area (Å²) >= 11 is 5.96. The van der Waals surface area contributed by atoms with Crippen LogP contribution in [-0.4, -0.2) is 17.6 Å². The molecule has 3 heteroatoms. The minimum absolute atomic E-state index is 0.577. The van der Waals surface area contributed by atoms with Crippen LogP contribution in [0, 0.1) is 0 Å². The fourth-order valence-electron chi connectivity index (χ4n) is 2.15. The van der Waals surface area contributed by atoms with Crippen LogP contribution in [0.2, 0.25) is 0 Å². The van der Waals surface area contributed by atoms with Crippen LogP contribution in [-0.2, 0) is 12.3 Å². The topological polar surface area (TPSA) is 16.1 Å². The van der Waals surface area contributed by atoms with Crippen molar-refractivity contribution in [1.82, 2.24) is 4.98 Å². The summed E-state index contributed by atoms with van der Waals surface area (Å²) in [7, 11) is 0. The lowest BCUT2D eigenvalue weighted by atomic mass is 10.2. The van der Waals surface area contributed by atoms with Crippen LogP contribution in [0.5, 0.6) is 0 Å². The van der Waals surface area contributed by atoms with Crippen LogP contribution in [0.3, 0.4) is 0 Å². The highest BCUT2D eigenvalue weighted by atomic mass is 35.5. The number of aromatic nitrogens is 1. The maximum Gasteiger partial charge on any atom is 0.129 e. The molecule has 0 N–H and O–H groups in total. The zero-order chi connectivity index (χ0) is 12.3. The van der Waals surface area contributed by atoms with Gasteiger partial charge in [-0.25, -0.2) is 4.98 Å². The predicted octanol–water partition coefficient (Wildman–Crippen LogP) is 3.76. The number of hydrogen-bond acceptors (Lipinski definition) is 2. The molecule has 1 aromatic rings. The van der Waals surface area contributed by atoms with Gasteiger partial charge in [-0.2, -0.15) is 0 Å². The quantitative estimate of drug-likeness (QED) is 0.717. The number of rotatable bonds is 6. The van der Waals surface area contributed by atoms with Crippen LogP contribution in [0.1, 0.15) is 44.4 Å². The van der Waals surface area contributed by atoms with Crippen molar-refractivity contribution >= 4 is 17.4 Å². The molecule has 0 amide bonds. The van der Waals surface area contributed by atoms with Crippen molar-refractivity contribution < 1.29 is 0 Å². The molecule has 1 aliphatic rings. The third-order valence-corrected chi connectivity index (χ3v) is 3.50. The Balaban J connectivity index is 2.27. The van der Waals surface area contributed by atoms with E-state index in [2.05, 4.69) is 30.9 Å². The van der Waals surface area contributed by atoms with Gasteiger partial charge in [-0.3, -0.25) is 0 Å². The highest BCUT2D eigenvalue weighted by Crippen LogP contribution is 2.31. The van der Waals surface area contributed by atoms with Crippen LogP contribution in [0.25, 0.3) is 0 Å². The third-order valence-electron chi connectivity index (χ3n) is 3.19. The Hall–Kier alpha value is -0.760.